The number of rotatable bonds is 38. The maximum atomic E-state index is 12.6. The number of hydrogen-bond donors (Lipinski definition) is 1. The molecule has 59 heavy (non-hydrogen) atoms. The first kappa shape index (κ1) is 55.9. The fourth-order valence-corrected chi connectivity index (χ4v) is 5.96. The second-order valence-electron chi connectivity index (χ2n) is 15.5. The molecule has 0 aromatic carbocycles. The molecule has 11 heteroatoms. The first-order valence-electron chi connectivity index (χ1n) is 22.1. The van der Waals surface area contributed by atoms with Gasteiger partial charge in [-0.25, -0.2) is 0 Å². The Bertz CT molecular complexity index is 1340. The Labute approximate surface area is 358 Å². The van der Waals surface area contributed by atoms with Gasteiger partial charge in [0.1, 0.15) is 19.8 Å². The number of nitrogens with zero attached hydrogens (tertiary/aromatic N) is 1. The van der Waals surface area contributed by atoms with Gasteiger partial charge in [-0.05, 0) is 70.6 Å². The molecule has 0 radical (unpaired) electrons. The van der Waals surface area contributed by atoms with E-state index in [4.69, 9.17) is 18.5 Å². The zero-order valence-corrected chi connectivity index (χ0v) is 38.2. The molecule has 3 atom stereocenters. The maximum Gasteiger partial charge on any atom is 0.306 e. The molecule has 10 nitrogen and oxygen atoms in total. The summed E-state index contributed by atoms with van der Waals surface area (Å²) in [6.45, 7) is 3.84. The number of allylic oxidation sites excluding steroid dienone is 15. The van der Waals surface area contributed by atoms with Crippen molar-refractivity contribution in [3.63, 3.8) is 0 Å². The largest absolute Gasteiger partial charge is 0.756 e. The summed E-state index contributed by atoms with van der Waals surface area (Å²) in [6, 6.07) is 0. The highest BCUT2D eigenvalue weighted by atomic mass is 31.2. The van der Waals surface area contributed by atoms with E-state index in [1.54, 1.807) is 6.08 Å². The molecule has 0 spiro atoms. The van der Waals surface area contributed by atoms with Gasteiger partial charge < -0.3 is 33.0 Å². The van der Waals surface area contributed by atoms with E-state index in [1.165, 1.54) is 25.7 Å². The first-order valence-corrected chi connectivity index (χ1v) is 23.5. The van der Waals surface area contributed by atoms with E-state index >= 15 is 0 Å². The Morgan fingerprint density at radius 1 is 0.644 bits per heavy atom. The Balaban J connectivity index is 4.59. The van der Waals surface area contributed by atoms with Gasteiger partial charge in [-0.3, -0.25) is 14.2 Å². The van der Waals surface area contributed by atoms with Crippen molar-refractivity contribution >= 4 is 19.8 Å². The summed E-state index contributed by atoms with van der Waals surface area (Å²) in [5.74, 6) is -1.02. The summed E-state index contributed by atoms with van der Waals surface area (Å²) >= 11 is 0. The van der Waals surface area contributed by atoms with Crippen LogP contribution in [0.25, 0.3) is 0 Å². The predicted octanol–water partition coefficient (Wildman–Crippen LogP) is 10.9. The van der Waals surface area contributed by atoms with E-state index in [2.05, 4.69) is 74.6 Å². The van der Waals surface area contributed by atoms with Crippen LogP contribution < -0.4 is 4.89 Å². The lowest BCUT2D eigenvalue weighted by atomic mass is 10.1. The van der Waals surface area contributed by atoms with Crippen molar-refractivity contribution in [2.24, 2.45) is 0 Å². The van der Waals surface area contributed by atoms with E-state index in [0.717, 1.165) is 64.2 Å². The number of ether oxygens (including phenoxy) is 2. The van der Waals surface area contributed by atoms with Crippen molar-refractivity contribution in [1.29, 1.82) is 0 Å². The molecular formula is C48H80NO9P. The van der Waals surface area contributed by atoms with Gasteiger partial charge in [0.25, 0.3) is 7.82 Å². The molecule has 0 amide bonds. The second kappa shape index (κ2) is 39.1. The summed E-state index contributed by atoms with van der Waals surface area (Å²) in [7, 11) is 1.05. The predicted molar refractivity (Wildman–Crippen MR) is 241 cm³/mol. The van der Waals surface area contributed by atoms with Crippen LogP contribution in [0, 0.1) is 0 Å². The lowest BCUT2D eigenvalue weighted by molar-refractivity contribution is -0.870. The summed E-state index contributed by atoms with van der Waals surface area (Å²) in [6.07, 6.45) is 47.6. The van der Waals surface area contributed by atoms with Crippen LogP contribution >= 0.6 is 7.82 Å². The van der Waals surface area contributed by atoms with Gasteiger partial charge in [-0.1, -0.05) is 150 Å². The van der Waals surface area contributed by atoms with Crippen molar-refractivity contribution < 1.29 is 47.2 Å². The molecule has 0 aliphatic rings. The Morgan fingerprint density at radius 3 is 1.85 bits per heavy atom. The molecule has 0 saturated carbocycles. The lowest BCUT2D eigenvalue weighted by Crippen LogP contribution is -2.37. The van der Waals surface area contributed by atoms with Gasteiger partial charge in [0.15, 0.2) is 6.10 Å². The number of quaternary nitrogens is 1. The molecule has 336 valence electrons. The summed E-state index contributed by atoms with van der Waals surface area (Å²) in [4.78, 5) is 37.5. The molecule has 0 aromatic rings. The van der Waals surface area contributed by atoms with Gasteiger partial charge in [-0.15, -0.1) is 0 Å². The van der Waals surface area contributed by atoms with Gasteiger partial charge in [0.05, 0.1) is 33.9 Å². The van der Waals surface area contributed by atoms with Crippen LogP contribution in [0.3, 0.4) is 0 Å². The van der Waals surface area contributed by atoms with Gasteiger partial charge >= 0.3 is 11.9 Å². The third-order valence-electron chi connectivity index (χ3n) is 8.71. The Morgan fingerprint density at radius 2 is 1.22 bits per heavy atom. The van der Waals surface area contributed by atoms with Crippen LogP contribution in [0.15, 0.2) is 97.2 Å². The number of unbranched alkanes of at least 4 members (excludes halogenated alkanes) is 7. The van der Waals surface area contributed by atoms with E-state index in [1.807, 2.05) is 51.5 Å². The van der Waals surface area contributed by atoms with Gasteiger partial charge in [0.2, 0.25) is 0 Å². The molecule has 1 N–H and O–H groups in total. The van der Waals surface area contributed by atoms with Crippen LogP contribution in [0.2, 0.25) is 0 Å². The fraction of sp³-hybridized carbons (Fsp3) is 0.625. The molecule has 0 fully saturated rings. The highest BCUT2D eigenvalue weighted by molar-refractivity contribution is 7.45. The van der Waals surface area contributed by atoms with Crippen LogP contribution in [-0.2, 0) is 32.7 Å². The minimum absolute atomic E-state index is 0.0657. The van der Waals surface area contributed by atoms with Crippen LogP contribution in [0.5, 0.6) is 0 Å². The molecule has 0 saturated heterocycles. The Hall–Kier alpha value is -3.11. The number of aliphatic hydroxyl groups excluding tert-OH is 1. The fourth-order valence-electron chi connectivity index (χ4n) is 5.23. The molecule has 0 aliphatic carbocycles. The highest BCUT2D eigenvalue weighted by Gasteiger charge is 2.21. The van der Waals surface area contributed by atoms with Crippen LogP contribution in [-0.4, -0.2) is 81.2 Å². The van der Waals surface area contributed by atoms with Gasteiger partial charge in [-0.2, -0.15) is 0 Å². The molecule has 2 unspecified atom stereocenters. The lowest BCUT2D eigenvalue weighted by Gasteiger charge is -2.28. The molecule has 0 bridgehead atoms. The van der Waals surface area contributed by atoms with Crippen molar-refractivity contribution in [3.8, 4) is 0 Å². The summed E-state index contributed by atoms with van der Waals surface area (Å²) < 4.78 is 33.7. The number of aliphatic hydroxyl groups is 1. The number of likely N-dealkylation sites (N-methyl/N-ethyl adjacent to an activating group) is 1. The van der Waals surface area contributed by atoms with Crippen LogP contribution in [0.1, 0.15) is 136 Å². The van der Waals surface area contributed by atoms with E-state index in [9.17, 15) is 24.2 Å². The van der Waals surface area contributed by atoms with E-state index < -0.39 is 38.6 Å². The third-order valence-corrected chi connectivity index (χ3v) is 9.67. The maximum absolute atomic E-state index is 12.6. The van der Waals surface area contributed by atoms with Crippen molar-refractivity contribution in [3.05, 3.63) is 97.2 Å². The van der Waals surface area contributed by atoms with E-state index in [0.29, 0.717) is 30.3 Å². The number of phosphoric ester groups is 1. The monoisotopic (exact) mass is 846 g/mol. The number of carbonyl (C=O) groups is 2. The average Bonchev–Trinajstić information content (AvgIpc) is 3.18. The summed E-state index contributed by atoms with van der Waals surface area (Å²) in [5, 5.41) is 10.1. The minimum atomic E-state index is -4.67. The zero-order chi connectivity index (χ0) is 43.7. The minimum Gasteiger partial charge on any atom is -0.756 e. The third kappa shape index (κ3) is 42.8. The quantitative estimate of drug-likeness (QED) is 0.0161. The van der Waals surface area contributed by atoms with Crippen molar-refractivity contribution in [2.75, 3.05) is 47.5 Å². The zero-order valence-electron chi connectivity index (χ0n) is 37.3. The Kier molecular flexibility index (Phi) is 37.0. The van der Waals surface area contributed by atoms with Crippen molar-refractivity contribution in [2.45, 2.75) is 148 Å². The standard InChI is InChI=1S/C48H80NO9P/c1-6-8-10-12-14-15-16-17-18-19-20-21-22-23-24-25-27-31-36-40-48(52)58-46(44-57-59(53,54)56-42-41-49(3,4)5)43-55-47(51)39-35-32-28-30-34-38-45(50)37-33-29-26-13-11-9-7-2/h9,11,14-15,17-18,20-21,23-24,26-27,29,31,33,37,45-46,50H,6-8,10,12-13,16,19,22,25,28,30,32,34-36,38-44H2,1-5H3/b11-9+,15-14-,18-17-,21-20-,24-23-,29-26+,31-27-,37-33+/t45?,46-/m1/s1. The van der Waals surface area contributed by atoms with E-state index in [-0.39, 0.29) is 26.1 Å². The smallest absolute Gasteiger partial charge is 0.306 e. The summed E-state index contributed by atoms with van der Waals surface area (Å²) in [5.41, 5.74) is 0. The molecule has 0 heterocycles. The van der Waals surface area contributed by atoms with Gasteiger partial charge in [0, 0.05) is 12.8 Å². The number of esters is 2. The number of hydrogen-bond acceptors (Lipinski definition) is 9. The number of phosphoric acid groups is 1. The number of carbonyl (C=O) groups excluding carboxylic acids is 2. The topological polar surface area (TPSA) is 131 Å². The highest BCUT2D eigenvalue weighted by Crippen LogP contribution is 2.38. The van der Waals surface area contributed by atoms with Crippen molar-refractivity contribution in [1.82, 2.24) is 0 Å². The average molecular weight is 846 g/mol. The first-order chi connectivity index (χ1) is 28.4. The molecule has 0 aromatic heterocycles. The molecular weight excluding hydrogens is 765 g/mol. The second-order valence-corrected chi connectivity index (χ2v) is 16.9. The molecule has 0 aliphatic heterocycles. The van der Waals surface area contributed by atoms with Crippen LogP contribution in [0.4, 0.5) is 0 Å². The molecule has 0 rings (SSSR count). The normalized spacial score (nSPS) is 15.0. The SMILES string of the molecule is CC/C=C/C/C=C/C=C/C(O)CCCCCCCC(=O)OC[C@H](COP(=O)([O-])OCC[N+](C)(C)C)OC(=O)CC/C=C\C/C=C\C/C=C\C/C=C\C/C=C\CCCCC.